The number of nitrogens with zero attached hydrogens (tertiary/aromatic N) is 1. The highest BCUT2D eigenvalue weighted by Gasteiger charge is 2.58. The van der Waals surface area contributed by atoms with E-state index in [9.17, 15) is 31.0 Å². The second-order valence-corrected chi connectivity index (χ2v) is 10.3. The molecule has 0 aliphatic carbocycles. The number of Topliss-reactive ketones (excluding diaryl/α,β-unsaturated/α-hetero) is 1. The van der Waals surface area contributed by atoms with Crippen molar-refractivity contribution < 1.29 is 31.0 Å². The van der Waals surface area contributed by atoms with Crippen LogP contribution in [0.25, 0.3) is 0 Å². The van der Waals surface area contributed by atoms with Gasteiger partial charge in [0.15, 0.2) is 5.97 Å². The van der Waals surface area contributed by atoms with Crippen molar-refractivity contribution in [3.8, 4) is 0 Å². The molecule has 0 spiro atoms. The van der Waals surface area contributed by atoms with E-state index in [-0.39, 0.29) is 6.42 Å². The van der Waals surface area contributed by atoms with Crippen LogP contribution < -0.4 is 4.72 Å². The minimum atomic E-state index is -5.24. The number of allylic oxidation sites excluding steroid dienone is 1. The third-order valence-electron chi connectivity index (χ3n) is 4.20. The van der Waals surface area contributed by atoms with Gasteiger partial charge in [0.1, 0.15) is 6.67 Å². The summed E-state index contributed by atoms with van der Waals surface area (Å²) in [5, 5.41) is 0. The van der Waals surface area contributed by atoms with Gasteiger partial charge in [-0.05, 0) is 34.1 Å². The van der Waals surface area contributed by atoms with Gasteiger partial charge in [-0.25, -0.2) is 18.3 Å². The molecule has 1 heterocycles. The standard InChI is InChI=1S/C15H20BrF5N2O2S/c1-12(2,3)26(25)23-14(8-17,6-10(24)15(19,20)21)13(4)5-9(16)7-22-11(13)18/h7,23H,5-6,8H2,1-4H3/t13?,14-,26-/m1/s1. The monoisotopic (exact) mass is 466 g/mol. The molecular formula is C15H20BrF5N2O2S. The zero-order valence-corrected chi connectivity index (χ0v) is 17.0. The molecule has 0 aromatic carbocycles. The van der Waals surface area contributed by atoms with Crippen molar-refractivity contribution in [1.82, 2.24) is 4.72 Å². The van der Waals surface area contributed by atoms with Crippen LogP contribution in [0.15, 0.2) is 15.7 Å². The number of alkyl halides is 4. The van der Waals surface area contributed by atoms with Gasteiger partial charge in [-0.15, -0.1) is 0 Å². The molecule has 0 aromatic heterocycles. The molecule has 0 radical (unpaired) electrons. The molecule has 1 aliphatic rings. The molecule has 0 bridgehead atoms. The molecule has 1 unspecified atom stereocenters. The van der Waals surface area contributed by atoms with Crippen LogP contribution in [0, 0.1) is 5.41 Å². The smallest absolute Gasteiger partial charge is 0.290 e. The Balaban J connectivity index is 3.50. The van der Waals surface area contributed by atoms with E-state index in [0.717, 1.165) is 13.1 Å². The van der Waals surface area contributed by atoms with Crippen molar-refractivity contribution in [3.05, 3.63) is 10.7 Å². The van der Waals surface area contributed by atoms with Gasteiger partial charge in [-0.3, -0.25) is 4.79 Å². The van der Waals surface area contributed by atoms with E-state index in [0.29, 0.717) is 4.48 Å². The van der Waals surface area contributed by atoms with Crippen LogP contribution in [0.3, 0.4) is 0 Å². The highest BCUT2D eigenvalue weighted by atomic mass is 79.9. The lowest BCUT2D eigenvalue weighted by Crippen LogP contribution is -2.65. The summed E-state index contributed by atoms with van der Waals surface area (Å²) >= 11 is 3.08. The van der Waals surface area contributed by atoms with Crippen LogP contribution >= 0.6 is 15.9 Å². The first kappa shape index (κ1) is 23.4. The second-order valence-electron chi connectivity index (χ2n) is 7.30. The largest absolute Gasteiger partial charge is 0.450 e. The summed E-state index contributed by atoms with van der Waals surface area (Å²) in [4.78, 5) is 15.1. The Morgan fingerprint density at radius 1 is 1.38 bits per heavy atom. The molecule has 150 valence electrons. The fourth-order valence-corrected chi connectivity index (χ4v) is 4.04. The highest BCUT2D eigenvalue weighted by Crippen LogP contribution is 2.47. The fraction of sp³-hybridized carbons (Fsp3) is 0.733. The molecule has 0 saturated carbocycles. The normalized spacial score (nSPS) is 25.2. The highest BCUT2D eigenvalue weighted by molar-refractivity contribution is 9.11. The van der Waals surface area contributed by atoms with Gasteiger partial charge in [0.25, 0.3) is 0 Å². The van der Waals surface area contributed by atoms with Gasteiger partial charge < -0.3 is 0 Å². The first-order valence-corrected chi connectivity index (χ1v) is 9.47. The number of hydrogen-bond acceptors (Lipinski definition) is 3. The van der Waals surface area contributed by atoms with Gasteiger partial charge in [0.05, 0.1) is 26.7 Å². The number of nitrogens with one attached hydrogen (secondary N) is 1. The predicted octanol–water partition coefficient (Wildman–Crippen LogP) is 4.28. The minimum absolute atomic E-state index is 0.258. The Bertz CT molecular complexity index is 629. The summed E-state index contributed by atoms with van der Waals surface area (Å²) in [6, 6.07) is 0. The van der Waals surface area contributed by atoms with Crippen molar-refractivity contribution in [2.75, 3.05) is 6.67 Å². The number of carbonyl (C=O) groups excluding carboxylic acids is 1. The molecule has 1 N–H and O–H groups in total. The van der Waals surface area contributed by atoms with E-state index in [2.05, 4.69) is 25.6 Å². The van der Waals surface area contributed by atoms with E-state index < -0.39 is 57.7 Å². The van der Waals surface area contributed by atoms with Crippen LogP contribution in [0.1, 0.15) is 40.5 Å². The lowest BCUT2D eigenvalue weighted by molar-refractivity contribution is -0.173. The van der Waals surface area contributed by atoms with Crippen molar-refractivity contribution in [2.45, 2.75) is 57.0 Å². The molecule has 26 heavy (non-hydrogen) atoms. The third-order valence-corrected chi connectivity index (χ3v) is 6.38. The summed E-state index contributed by atoms with van der Waals surface area (Å²) in [5.41, 5.74) is -4.37. The Labute approximate surface area is 159 Å². The molecule has 11 heteroatoms. The summed E-state index contributed by atoms with van der Waals surface area (Å²) in [6.07, 6.45) is -5.82. The fourth-order valence-electron chi connectivity index (χ4n) is 2.36. The number of ketones is 1. The Hall–Kier alpha value is -0.680. The van der Waals surface area contributed by atoms with Crippen LogP contribution in [0.5, 0.6) is 0 Å². The Morgan fingerprint density at radius 2 is 1.92 bits per heavy atom. The van der Waals surface area contributed by atoms with E-state index in [4.69, 9.17) is 0 Å². The SMILES string of the molecule is CC(C)(C)[S@@](=O)N[C@@](CF)(CC(=O)C(F)(F)F)C1(C)CC(Br)=CN=C1F. The summed E-state index contributed by atoms with van der Waals surface area (Å²) in [5.74, 6) is -3.39. The second kappa shape index (κ2) is 7.75. The van der Waals surface area contributed by atoms with Crippen molar-refractivity contribution in [3.63, 3.8) is 0 Å². The molecule has 0 fully saturated rings. The maximum absolute atomic E-state index is 14.6. The van der Waals surface area contributed by atoms with Gasteiger partial charge in [-0.1, -0.05) is 15.9 Å². The first-order chi connectivity index (χ1) is 11.6. The van der Waals surface area contributed by atoms with Crippen LogP contribution in [0.2, 0.25) is 0 Å². The molecule has 0 amide bonds. The average molecular weight is 467 g/mol. The summed E-state index contributed by atoms with van der Waals surface area (Å²) in [6.45, 7) is 4.11. The van der Waals surface area contributed by atoms with Crippen LogP contribution in [-0.2, 0) is 15.8 Å². The molecule has 4 nitrogen and oxygen atoms in total. The van der Waals surface area contributed by atoms with Crippen molar-refractivity contribution in [2.24, 2.45) is 10.4 Å². The third kappa shape index (κ3) is 4.78. The molecule has 3 atom stereocenters. The van der Waals surface area contributed by atoms with E-state index >= 15 is 0 Å². The van der Waals surface area contributed by atoms with Gasteiger partial charge in [0.2, 0.25) is 5.78 Å². The Kier molecular flexibility index (Phi) is 6.96. The number of rotatable bonds is 6. The Morgan fingerprint density at radius 3 is 2.35 bits per heavy atom. The summed E-state index contributed by atoms with van der Waals surface area (Å²) in [7, 11) is -2.07. The van der Waals surface area contributed by atoms with E-state index in [1.807, 2.05) is 0 Å². The maximum Gasteiger partial charge on any atom is 0.450 e. The van der Waals surface area contributed by atoms with Crippen molar-refractivity contribution >= 4 is 38.7 Å². The number of hydrogen-bond donors (Lipinski definition) is 1. The lowest BCUT2D eigenvalue weighted by atomic mass is 9.66. The minimum Gasteiger partial charge on any atom is -0.290 e. The first-order valence-electron chi connectivity index (χ1n) is 7.53. The molecule has 0 aromatic rings. The molecule has 1 aliphatic heterocycles. The van der Waals surface area contributed by atoms with Gasteiger partial charge >= 0.3 is 6.18 Å². The van der Waals surface area contributed by atoms with E-state index in [1.54, 1.807) is 0 Å². The molecular weight excluding hydrogens is 447 g/mol. The average Bonchev–Trinajstić information content (AvgIpc) is 2.48. The zero-order chi connectivity index (χ0) is 20.6. The number of halogens is 6. The topological polar surface area (TPSA) is 58.5 Å². The van der Waals surface area contributed by atoms with Crippen LogP contribution in [-0.4, -0.2) is 39.1 Å². The maximum atomic E-state index is 14.6. The predicted molar refractivity (Wildman–Crippen MR) is 93.7 cm³/mol. The zero-order valence-electron chi connectivity index (χ0n) is 14.6. The molecule has 0 saturated heterocycles. The quantitative estimate of drug-likeness (QED) is 0.593. The van der Waals surface area contributed by atoms with E-state index in [1.165, 1.54) is 20.8 Å². The summed E-state index contributed by atoms with van der Waals surface area (Å²) < 4.78 is 81.3. The molecule has 1 rings (SSSR count). The van der Waals surface area contributed by atoms with Crippen LogP contribution in [0.4, 0.5) is 22.0 Å². The number of carbonyl (C=O) groups is 1. The lowest BCUT2D eigenvalue weighted by Gasteiger charge is -2.47. The van der Waals surface area contributed by atoms with Gasteiger partial charge in [-0.2, -0.15) is 17.6 Å². The van der Waals surface area contributed by atoms with Gasteiger partial charge in [0, 0.05) is 17.1 Å². The van der Waals surface area contributed by atoms with Crippen molar-refractivity contribution in [1.29, 1.82) is 0 Å². The number of aliphatic imine (C=N–C) groups is 1.